The monoisotopic (exact) mass is 337 g/mol. The van der Waals surface area contributed by atoms with E-state index >= 15 is 0 Å². The maximum atomic E-state index is 12.0. The zero-order valence-corrected chi connectivity index (χ0v) is 14.4. The molecule has 0 fully saturated rings. The number of hydrogen-bond donors (Lipinski definition) is 1. The molecule has 5 heteroatoms. The van der Waals surface area contributed by atoms with Crippen LogP contribution < -0.4 is 5.32 Å². The summed E-state index contributed by atoms with van der Waals surface area (Å²) < 4.78 is 7.42. The number of benzene rings is 1. The first kappa shape index (κ1) is 17.2. The second kappa shape index (κ2) is 8.44. The number of carbonyl (C=O) groups is 1. The number of amides is 1. The summed E-state index contributed by atoms with van der Waals surface area (Å²) in [5.41, 5.74) is 2.49. The van der Waals surface area contributed by atoms with Crippen molar-refractivity contribution in [3.8, 4) is 0 Å². The van der Waals surface area contributed by atoms with Gasteiger partial charge in [0.25, 0.3) is 0 Å². The predicted octanol–water partition coefficient (Wildman–Crippen LogP) is 3.64. The van der Waals surface area contributed by atoms with Crippen LogP contribution in [0.3, 0.4) is 0 Å². The van der Waals surface area contributed by atoms with E-state index in [1.807, 2.05) is 12.1 Å². The largest absolute Gasteiger partial charge is 0.383 e. The second-order valence-corrected chi connectivity index (χ2v) is 5.97. The first-order valence-corrected chi connectivity index (χ1v) is 8.54. The highest BCUT2D eigenvalue weighted by atomic mass is 16.5. The lowest BCUT2D eigenvalue weighted by Crippen LogP contribution is -2.12. The minimum Gasteiger partial charge on any atom is -0.383 e. The van der Waals surface area contributed by atoms with Crippen LogP contribution in [0.2, 0.25) is 0 Å². The van der Waals surface area contributed by atoms with Crippen molar-refractivity contribution >= 4 is 22.6 Å². The summed E-state index contributed by atoms with van der Waals surface area (Å²) in [6.45, 7) is 1.52. The third-order valence-corrected chi connectivity index (χ3v) is 4.19. The molecule has 5 nitrogen and oxygen atoms in total. The van der Waals surface area contributed by atoms with E-state index in [1.165, 1.54) is 16.5 Å². The van der Waals surface area contributed by atoms with Gasteiger partial charge in [0.05, 0.1) is 6.61 Å². The van der Waals surface area contributed by atoms with Crippen LogP contribution >= 0.6 is 0 Å². The van der Waals surface area contributed by atoms with E-state index in [0.717, 1.165) is 19.4 Å². The lowest BCUT2D eigenvalue weighted by Gasteiger charge is -2.04. The molecular formula is C20H23N3O2. The molecule has 1 N–H and O–H groups in total. The molecule has 0 unspecified atom stereocenters. The highest BCUT2D eigenvalue weighted by molar-refractivity contribution is 5.89. The van der Waals surface area contributed by atoms with Crippen LogP contribution in [0.25, 0.3) is 10.9 Å². The van der Waals surface area contributed by atoms with Gasteiger partial charge in [-0.15, -0.1) is 0 Å². The number of fused-ring (bicyclic) bond motifs is 1. The molecule has 0 saturated heterocycles. The minimum atomic E-state index is 0.00169. The lowest BCUT2D eigenvalue weighted by molar-refractivity contribution is -0.116. The number of para-hydroxylation sites is 1. The molecule has 0 spiro atoms. The van der Waals surface area contributed by atoms with Gasteiger partial charge in [-0.3, -0.25) is 4.79 Å². The number of aryl methyl sites for hydroxylation is 1. The molecule has 0 bridgehead atoms. The smallest absolute Gasteiger partial charge is 0.225 e. The zero-order chi connectivity index (χ0) is 17.5. The third-order valence-electron chi connectivity index (χ3n) is 4.19. The Morgan fingerprint density at radius 1 is 1.20 bits per heavy atom. The molecule has 2 aromatic heterocycles. The molecule has 1 aromatic carbocycles. The van der Waals surface area contributed by atoms with Crippen LogP contribution in [-0.4, -0.2) is 29.2 Å². The number of nitrogens with zero attached hydrogens (tertiary/aromatic N) is 2. The Kier molecular flexibility index (Phi) is 5.80. The van der Waals surface area contributed by atoms with Gasteiger partial charge >= 0.3 is 0 Å². The first-order chi connectivity index (χ1) is 12.3. The average molecular weight is 337 g/mol. The van der Waals surface area contributed by atoms with Crippen molar-refractivity contribution in [2.24, 2.45) is 0 Å². The van der Waals surface area contributed by atoms with Crippen molar-refractivity contribution < 1.29 is 9.53 Å². The fourth-order valence-corrected chi connectivity index (χ4v) is 2.98. The van der Waals surface area contributed by atoms with Crippen LogP contribution in [0, 0.1) is 0 Å². The molecule has 2 heterocycles. The number of hydrogen-bond acceptors (Lipinski definition) is 3. The number of anilines is 1. The van der Waals surface area contributed by atoms with Crippen LogP contribution in [0.1, 0.15) is 18.4 Å². The van der Waals surface area contributed by atoms with E-state index in [4.69, 9.17) is 4.74 Å². The number of rotatable bonds is 8. The predicted molar refractivity (Wildman–Crippen MR) is 99.6 cm³/mol. The number of aromatic nitrogens is 2. The maximum Gasteiger partial charge on any atom is 0.225 e. The molecule has 0 aliphatic heterocycles. The summed E-state index contributed by atoms with van der Waals surface area (Å²) >= 11 is 0. The highest BCUT2D eigenvalue weighted by Crippen LogP contribution is 2.23. The van der Waals surface area contributed by atoms with Crippen molar-refractivity contribution in [2.75, 3.05) is 19.0 Å². The van der Waals surface area contributed by atoms with Gasteiger partial charge in [-0.25, -0.2) is 4.98 Å². The van der Waals surface area contributed by atoms with E-state index in [2.05, 4.69) is 45.3 Å². The van der Waals surface area contributed by atoms with Gasteiger partial charge in [0.15, 0.2) is 0 Å². The Balaban J connectivity index is 1.60. The van der Waals surface area contributed by atoms with Crippen molar-refractivity contribution in [3.05, 3.63) is 60.4 Å². The Hall–Kier alpha value is -2.66. The number of carbonyl (C=O) groups excluding carboxylic acids is 1. The molecule has 3 aromatic rings. The van der Waals surface area contributed by atoms with E-state index in [1.54, 1.807) is 19.4 Å². The van der Waals surface area contributed by atoms with Crippen molar-refractivity contribution in [3.63, 3.8) is 0 Å². The number of pyridine rings is 1. The summed E-state index contributed by atoms with van der Waals surface area (Å²) in [5, 5.41) is 4.08. The molecule has 0 aliphatic carbocycles. The molecule has 1 amide bonds. The summed E-state index contributed by atoms with van der Waals surface area (Å²) in [5.74, 6) is 0.602. The Bertz CT molecular complexity index is 827. The van der Waals surface area contributed by atoms with Gasteiger partial charge < -0.3 is 14.6 Å². The lowest BCUT2D eigenvalue weighted by atomic mass is 10.1. The van der Waals surface area contributed by atoms with E-state index in [-0.39, 0.29) is 5.91 Å². The minimum absolute atomic E-state index is 0.00169. The quantitative estimate of drug-likeness (QED) is 0.683. The van der Waals surface area contributed by atoms with E-state index in [9.17, 15) is 4.79 Å². The van der Waals surface area contributed by atoms with Crippen LogP contribution in [-0.2, 0) is 22.5 Å². The summed E-state index contributed by atoms with van der Waals surface area (Å²) in [6.07, 6.45) is 6.01. The average Bonchev–Trinajstić information content (AvgIpc) is 2.99. The Labute approximate surface area is 147 Å². The van der Waals surface area contributed by atoms with Gasteiger partial charge in [-0.2, -0.15) is 0 Å². The number of nitrogens with one attached hydrogen (secondary N) is 1. The van der Waals surface area contributed by atoms with Crippen molar-refractivity contribution in [1.82, 2.24) is 9.55 Å². The van der Waals surface area contributed by atoms with Crippen LogP contribution in [0.15, 0.2) is 54.9 Å². The molecule has 130 valence electrons. The summed E-state index contributed by atoms with van der Waals surface area (Å²) in [4.78, 5) is 16.2. The SMILES string of the molecule is COCCn1cc(CCCC(=O)Nc2ccccn2)c2ccccc21. The van der Waals surface area contributed by atoms with Crippen LogP contribution in [0.4, 0.5) is 5.82 Å². The van der Waals surface area contributed by atoms with Crippen LogP contribution in [0.5, 0.6) is 0 Å². The molecule has 0 radical (unpaired) electrons. The van der Waals surface area contributed by atoms with Gasteiger partial charge in [-0.05, 0) is 36.6 Å². The Morgan fingerprint density at radius 2 is 2.04 bits per heavy atom. The maximum absolute atomic E-state index is 12.0. The van der Waals surface area contributed by atoms with Gasteiger partial charge in [0, 0.05) is 43.4 Å². The first-order valence-electron chi connectivity index (χ1n) is 8.54. The normalized spacial score (nSPS) is 10.9. The van der Waals surface area contributed by atoms with Gasteiger partial charge in [-0.1, -0.05) is 24.3 Å². The second-order valence-electron chi connectivity index (χ2n) is 5.97. The fraction of sp³-hybridized carbons (Fsp3) is 0.300. The molecule has 0 aliphatic rings. The zero-order valence-electron chi connectivity index (χ0n) is 14.4. The van der Waals surface area contributed by atoms with Gasteiger partial charge in [0.2, 0.25) is 5.91 Å². The van der Waals surface area contributed by atoms with Gasteiger partial charge in [0.1, 0.15) is 5.82 Å². The molecule has 3 rings (SSSR count). The summed E-state index contributed by atoms with van der Waals surface area (Å²) in [7, 11) is 1.72. The van der Waals surface area contributed by atoms with E-state index < -0.39 is 0 Å². The molecule has 0 saturated carbocycles. The third kappa shape index (κ3) is 4.45. The topological polar surface area (TPSA) is 56.1 Å². The number of methoxy groups -OCH3 is 1. The summed E-state index contributed by atoms with van der Waals surface area (Å²) in [6, 6.07) is 13.9. The molecular weight excluding hydrogens is 314 g/mol. The number of ether oxygens (including phenoxy) is 1. The standard InChI is InChI=1S/C20H23N3O2/c1-25-14-13-23-15-16(17-8-2-3-9-18(17)23)7-6-11-20(24)22-19-10-4-5-12-21-19/h2-5,8-10,12,15H,6-7,11,13-14H2,1H3,(H,21,22,24). The van der Waals surface area contributed by atoms with Crippen molar-refractivity contribution in [1.29, 1.82) is 0 Å². The molecule has 25 heavy (non-hydrogen) atoms. The molecule has 0 atom stereocenters. The fourth-order valence-electron chi connectivity index (χ4n) is 2.98. The highest BCUT2D eigenvalue weighted by Gasteiger charge is 2.09. The Morgan fingerprint density at radius 3 is 2.84 bits per heavy atom. The van der Waals surface area contributed by atoms with E-state index in [0.29, 0.717) is 18.8 Å². The van der Waals surface area contributed by atoms with Crippen molar-refractivity contribution in [2.45, 2.75) is 25.8 Å².